The number of rotatable bonds is 8. The van der Waals surface area contributed by atoms with Crippen LogP contribution < -0.4 is 4.74 Å². The van der Waals surface area contributed by atoms with Gasteiger partial charge >= 0.3 is 11.9 Å². The van der Waals surface area contributed by atoms with Gasteiger partial charge in [-0.2, -0.15) is 0 Å². The van der Waals surface area contributed by atoms with Crippen LogP contribution in [0.4, 0.5) is 0 Å². The number of hydrogen-bond donors (Lipinski definition) is 0. The molecule has 2 rings (SSSR count). The van der Waals surface area contributed by atoms with Gasteiger partial charge in [0.25, 0.3) is 0 Å². The first kappa shape index (κ1) is 18.5. The van der Waals surface area contributed by atoms with Crippen LogP contribution in [0.5, 0.6) is 5.75 Å². The average molecular weight is 338 g/mol. The Bertz CT molecular complexity index is 702. The maximum absolute atomic E-state index is 11.7. The van der Waals surface area contributed by atoms with E-state index in [4.69, 9.17) is 9.47 Å². The minimum atomic E-state index is -0.613. The fourth-order valence-corrected chi connectivity index (χ4v) is 2.21. The van der Waals surface area contributed by atoms with Crippen molar-refractivity contribution in [1.29, 1.82) is 0 Å². The number of unbranched alkanes of at least 4 members (excludes halogenated alkanes) is 2. The molecule has 2 aromatic carbocycles. The van der Waals surface area contributed by atoms with Crippen LogP contribution in [0, 0.1) is 0 Å². The molecule has 0 saturated heterocycles. The van der Waals surface area contributed by atoms with Crippen LogP contribution >= 0.6 is 0 Å². The minimum Gasteiger partial charge on any atom is -0.463 e. The van der Waals surface area contributed by atoms with E-state index in [1.807, 2.05) is 42.5 Å². The second-order valence-corrected chi connectivity index (χ2v) is 5.52. The Labute approximate surface area is 148 Å². The van der Waals surface area contributed by atoms with Gasteiger partial charge in [0, 0.05) is 12.2 Å². The third-order valence-corrected chi connectivity index (χ3v) is 3.53. The molecule has 130 valence electrons. The van der Waals surface area contributed by atoms with Crippen LogP contribution in [0.3, 0.4) is 0 Å². The number of ether oxygens (including phenoxy) is 2. The molecule has 0 aliphatic rings. The molecule has 0 aromatic heterocycles. The molecule has 0 unspecified atom stereocenters. The summed E-state index contributed by atoms with van der Waals surface area (Å²) in [6.07, 6.45) is 5.06. The predicted octanol–water partition coefficient (Wildman–Crippen LogP) is 4.55. The minimum absolute atomic E-state index is 0.368. The number of esters is 2. The summed E-state index contributed by atoms with van der Waals surface area (Å²) in [5.41, 5.74) is 2.12. The number of carbonyl (C=O) groups excluding carboxylic acids is 2. The molecular weight excluding hydrogens is 316 g/mol. The van der Waals surface area contributed by atoms with Crippen molar-refractivity contribution in [3.05, 3.63) is 66.7 Å². The largest absolute Gasteiger partial charge is 0.463 e. The summed E-state index contributed by atoms with van der Waals surface area (Å²) in [5, 5.41) is 0. The zero-order valence-corrected chi connectivity index (χ0v) is 14.3. The monoisotopic (exact) mass is 338 g/mol. The normalized spacial score (nSPS) is 10.6. The molecule has 4 nitrogen and oxygen atoms in total. The van der Waals surface area contributed by atoms with Crippen molar-refractivity contribution in [2.75, 3.05) is 6.61 Å². The topological polar surface area (TPSA) is 52.6 Å². The quantitative estimate of drug-likeness (QED) is 0.307. The van der Waals surface area contributed by atoms with Gasteiger partial charge in [0.05, 0.1) is 6.61 Å². The van der Waals surface area contributed by atoms with Gasteiger partial charge in [-0.05, 0) is 29.7 Å². The second-order valence-electron chi connectivity index (χ2n) is 5.52. The van der Waals surface area contributed by atoms with E-state index in [1.54, 1.807) is 12.1 Å². The van der Waals surface area contributed by atoms with Crippen molar-refractivity contribution in [2.45, 2.75) is 26.2 Å². The fourth-order valence-electron chi connectivity index (χ4n) is 2.21. The van der Waals surface area contributed by atoms with Crippen LogP contribution in [-0.4, -0.2) is 18.5 Å². The smallest absolute Gasteiger partial charge is 0.336 e. The van der Waals surface area contributed by atoms with Gasteiger partial charge in [0.15, 0.2) is 0 Å². The average Bonchev–Trinajstić information content (AvgIpc) is 2.65. The zero-order valence-electron chi connectivity index (χ0n) is 14.3. The number of benzene rings is 2. The van der Waals surface area contributed by atoms with Crippen molar-refractivity contribution in [2.24, 2.45) is 0 Å². The molecule has 25 heavy (non-hydrogen) atoms. The summed E-state index contributed by atoms with van der Waals surface area (Å²) in [7, 11) is 0. The molecule has 0 saturated carbocycles. The highest BCUT2D eigenvalue weighted by atomic mass is 16.5. The molecule has 0 fully saturated rings. The van der Waals surface area contributed by atoms with E-state index < -0.39 is 11.9 Å². The van der Waals surface area contributed by atoms with E-state index in [9.17, 15) is 9.59 Å². The van der Waals surface area contributed by atoms with Crippen LogP contribution in [0.15, 0.2) is 66.7 Å². The molecule has 0 aliphatic heterocycles. The first-order valence-corrected chi connectivity index (χ1v) is 8.41. The molecule has 0 N–H and O–H groups in total. The molecule has 0 atom stereocenters. The first-order chi connectivity index (χ1) is 12.2. The Balaban J connectivity index is 1.82. The van der Waals surface area contributed by atoms with Crippen LogP contribution in [0.1, 0.15) is 26.2 Å². The summed E-state index contributed by atoms with van der Waals surface area (Å²) >= 11 is 0. The lowest BCUT2D eigenvalue weighted by atomic mass is 10.1. The zero-order chi connectivity index (χ0) is 17.9. The highest BCUT2D eigenvalue weighted by Gasteiger charge is 2.04. The van der Waals surface area contributed by atoms with E-state index >= 15 is 0 Å². The highest BCUT2D eigenvalue weighted by molar-refractivity contribution is 5.92. The molecule has 2 aromatic rings. The lowest BCUT2D eigenvalue weighted by Crippen LogP contribution is -2.07. The van der Waals surface area contributed by atoms with E-state index in [0.29, 0.717) is 12.4 Å². The van der Waals surface area contributed by atoms with Crippen molar-refractivity contribution in [3.8, 4) is 16.9 Å². The van der Waals surface area contributed by atoms with Gasteiger partial charge in [0.1, 0.15) is 5.75 Å². The van der Waals surface area contributed by atoms with Crippen LogP contribution in [-0.2, 0) is 14.3 Å². The predicted molar refractivity (Wildman–Crippen MR) is 97.1 cm³/mol. The Hall–Kier alpha value is -2.88. The third-order valence-electron chi connectivity index (χ3n) is 3.53. The maximum Gasteiger partial charge on any atom is 0.336 e. The van der Waals surface area contributed by atoms with E-state index in [2.05, 4.69) is 6.92 Å². The summed E-state index contributed by atoms with van der Waals surface area (Å²) in [4.78, 5) is 23.2. The van der Waals surface area contributed by atoms with Gasteiger partial charge in [-0.25, -0.2) is 9.59 Å². The molecule has 0 radical (unpaired) electrons. The van der Waals surface area contributed by atoms with Crippen molar-refractivity contribution in [3.63, 3.8) is 0 Å². The summed E-state index contributed by atoms with van der Waals surface area (Å²) in [6.45, 7) is 2.44. The van der Waals surface area contributed by atoms with E-state index in [1.165, 1.54) is 0 Å². The lowest BCUT2D eigenvalue weighted by Gasteiger charge is -2.04. The molecule has 4 heteroatoms. The molecule has 0 amide bonds. The second kappa shape index (κ2) is 10.1. The summed E-state index contributed by atoms with van der Waals surface area (Å²) in [6, 6.07) is 17.1. The first-order valence-electron chi connectivity index (χ1n) is 8.41. The number of carbonyl (C=O) groups is 2. The summed E-state index contributed by atoms with van der Waals surface area (Å²) < 4.78 is 10.1. The molecule has 0 aliphatic carbocycles. The molecule has 0 heterocycles. The Kier molecular flexibility index (Phi) is 7.44. The van der Waals surface area contributed by atoms with Crippen molar-refractivity contribution < 1.29 is 19.1 Å². The van der Waals surface area contributed by atoms with Crippen LogP contribution in [0.25, 0.3) is 11.1 Å². The van der Waals surface area contributed by atoms with Gasteiger partial charge in [0.2, 0.25) is 0 Å². The van der Waals surface area contributed by atoms with Gasteiger partial charge < -0.3 is 9.47 Å². The van der Waals surface area contributed by atoms with Gasteiger partial charge in [-0.1, -0.05) is 62.2 Å². The standard InChI is InChI=1S/C21H22O4/c1-2-3-7-16-24-20(22)14-15-21(23)25-19-12-10-18(11-13-19)17-8-5-4-6-9-17/h4-6,8-15H,2-3,7,16H2,1H3/b15-14+. The number of hydrogen-bond acceptors (Lipinski definition) is 4. The Morgan fingerprint density at radius 2 is 1.48 bits per heavy atom. The van der Waals surface area contributed by atoms with Crippen molar-refractivity contribution in [1.82, 2.24) is 0 Å². The maximum atomic E-state index is 11.7. The van der Waals surface area contributed by atoms with Crippen molar-refractivity contribution >= 4 is 11.9 Å². The third kappa shape index (κ3) is 6.63. The Morgan fingerprint density at radius 1 is 0.840 bits per heavy atom. The molecule has 0 spiro atoms. The fraction of sp³-hybridized carbons (Fsp3) is 0.238. The van der Waals surface area contributed by atoms with E-state index in [-0.39, 0.29) is 0 Å². The molecule has 0 bridgehead atoms. The summed E-state index contributed by atoms with van der Waals surface area (Å²) in [5.74, 6) is -0.726. The Morgan fingerprint density at radius 3 is 2.16 bits per heavy atom. The molecular formula is C21H22O4. The highest BCUT2D eigenvalue weighted by Crippen LogP contribution is 2.22. The van der Waals surface area contributed by atoms with Crippen LogP contribution in [0.2, 0.25) is 0 Å². The van der Waals surface area contributed by atoms with Gasteiger partial charge in [-0.3, -0.25) is 0 Å². The van der Waals surface area contributed by atoms with Gasteiger partial charge in [-0.15, -0.1) is 0 Å². The lowest BCUT2D eigenvalue weighted by molar-refractivity contribution is -0.138. The SMILES string of the molecule is CCCCCOC(=O)/C=C/C(=O)Oc1ccc(-c2ccccc2)cc1. The van der Waals surface area contributed by atoms with E-state index in [0.717, 1.165) is 42.5 Å².